The number of carbonyl (C=O) groups is 1. The summed E-state index contributed by atoms with van der Waals surface area (Å²) in [4.78, 5) is 11.8. The van der Waals surface area contributed by atoms with Crippen LogP contribution < -0.4 is 10.6 Å². The predicted octanol–water partition coefficient (Wildman–Crippen LogP) is 1.02. The van der Waals surface area contributed by atoms with E-state index in [0.29, 0.717) is 6.42 Å². The molecule has 1 saturated heterocycles. The third-order valence-electron chi connectivity index (χ3n) is 3.57. The summed E-state index contributed by atoms with van der Waals surface area (Å²) in [5.74, 6) is 0.186. The molecule has 6 heteroatoms. The first-order valence-corrected chi connectivity index (χ1v) is 8.49. The van der Waals surface area contributed by atoms with Gasteiger partial charge in [-0.25, -0.2) is 8.42 Å². The Morgan fingerprint density at radius 3 is 2.65 bits per heavy atom. The molecule has 1 heterocycles. The first-order valence-electron chi connectivity index (χ1n) is 6.67. The number of carbonyl (C=O) groups excluding carboxylic acids is 1. The van der Waals surface area contributed by atoms with Gasteiger partial charge in [-0.1, -0.05) is 6.07 Å². The van der Waals surface area contributed by atoms with Crippen LogP contribution in [0.3, 0.4) is 0 Å². The maximum Gasteiger partial charge on any atom is 0.238 e. The molecular formula is C14H20N2O3S. The minimum atomic E-state index is -2.91. The van der Waals surface area contributed by atoms with Crippen molar-refractivity contribution in [2.75, 3.05) is 23.4 Å². The molecule has 0 saturated carbocycles. The Labute approximate surface area is 119 Å². The van der Waals surface area contributed by atoms with Crippen LogP contribution in [0.5, 0.6) is 0 Å². The van der Waals surface area contributed by atoms with Crippen molar-refractivity contribution in [3.8, 4) is 0 Å². The highest BCUT2D eigenvalue weighted by Gasteiger charge is 2.27. The molecule has 0 aromatic heterocycles. The van der Waals surface area contributed by atoms with Crippen LogP contribution in [0.4, 0.5) is 5.69 Å². The van der Waals surface area contributed by atoms with E-state index in [2.05, 4.69) is 10.6 Å². The fraction of sp³-hybridized carbons (Fsp3) is 0.500. The van der Waals surface area contributed by atoms with Crippen LogP contribution in [0, 0.1) is 13.8 Å². The maximum absolute atomic E-state index is 11.8. The summed E-state index contributed by atoms with van der Waals surface area (Å²) >= 11 is 0. The van der Waals surface area contributed by atoms with Crippen LogP contribution in [-0.4, -0.2) is 38.4 Å². The molecule has 0 radical (unpaired) electrons. The van der Waals surface area contributed by atoms with Gasteiger partial charge in [-0.3, -0.25) is 4.79 Å². The molecule has 1 atom stereocenters. The molecule has 1 aromatic rings. The number of amides is 1. The molecule has 1 amide bonds. The molecule has 1 fully saturated rings. The van der Waals surface area contributed by atoms with Gasteiger partial charge < -0.3 is 10.6 Å². The highest BCUT2D eigenvalue weighted by molar-refractivity contribution is 7.91. The number of rotatable bonds is 4. The van der Waals surface area contributed by atoms with Crippen LogP contribution in [0.15, 0.2) is 18.2 Å². The minimum Gasteiger partial charge on any atom is -0.325 e. The Balaban J connectivity index is 1.82. The van der Waals surface area contributed by atoms with E-state index in [-0.39, 0.29) is 30.0 Å². The third-order valence-corrected chi connectivity index (χ3v) is 5.34. The fourth-order valence-corrected chi connectivity index (χ4v) is 3.93. The lowest BCUT2D eigenvalue weighted by Crippen LogP contribution is -2.36. The fourth-order valence-electron chi connectivity index (χ4n) is 2.22. The Hall–Kier alpha value is -1.40. The van der Waals surface area contributed by atoms with Crippen molar-refractivity contribution in [3.63, 3.8) is 0 Å². The van der Waals surface area contributed by atoms with E-state index in [1.807, 2.05) is 32.0 Å². The predicted molar refractivity (Wildman–Crippen MR) is 79.6 cm³/mol. The van der Waals surface area contributed by atoms with Gasteiger partial charge in [0.2, 0.25) is 5.91 Å². The van der Waals surface area contributed by atoms with E-state index in [4.69, 9.17) is 0 Å². The van der Waals surface area contributed by atoms with E-state index < -0.39 is 9.84 Å². The smallest absolute Gasteiger partial charge is 0.238 e. The standard InChI is InChI=1S/C14H20N2O3S/c1-10-3-4-12(7-11(10)2)16-14(17)8-15-13-5-6-20(18,19)9-13/h3-4,7,13,15H,5-6,8-9H2,1-2H3,(H,16,17)/t13-/m1/s1. The largest absolute Gasteiger partial charge is 0.325 e. The first-order chi connectivity index (χ1) is 9.35. The van der Waals surface area contributed by atoms with Gasteiger partial charge in [-0.15, -0.1) is 0 Å². The van der Waals surface area contributed by atoms with Crippen molar-refractivity contribution in [1.82, 2.24) is 5.32 Å². The maximum atomic E-state index is 11.8. The third kappa shape index (κ3) is 4.05. The quantitative estimate of drug-likeness (QED) is 0.870. The lowest BCUT2D eigenvalue weighted by molar-refractivity contribution is -0.115. The molecule has 110 valence electrons. The van der Waals surface area contributed by atoms with E-state index in [1.54, 1.807) is 0 Å². The van der Waals surface area contributed by atoms with Crippen LogP contribution >= 0.6 is 0 Å². The second kappa shape index (κ2) is 5.93. The van der Waals surface area contributed by atoms with Crippen molar-refractivity contribution in [2.45, 2.75) is 26.3 Å². The molecule has 0 spiro atoms. The molecule has 20 heavy (non-hydrogen) atoms. The van der Waals surface area contributed by atoms with Gasteiger partial charge in [-0.2, -0.15) is 0 Å². The Kier molecular flexibility index (Phi) is 4.45. The second-order valence-electron chi connectivity index (χ2n) is 5.33. The molecule has 2 N–H and O–H groups in total. The van der Waals surface area contributed by atoms with Gasteiger partial charge in [0.1, 0.15) is 0 Å². The molecule has 5 nitrogen and oxygen atoms in total. The average Bonchev–Trinajstić information content (AvgIpc) is 2.71. The number of anilines is 1. The second-order valence-corrected chi connectivity index (χ2v) is 7.56. The van der Waals surface area contributed by atoms with Crippen molar-refractivity contribution >= 4 is 21.4 Å². The monoisotopic (exact) mass is 296 g/mol. The number of sulfone groups is 1. The molecule has 0 bridgehead atoms. The van der Waals surface area contributed by atoms with Gasteiger partial charge >= 0.3 is 0 Å². The summed E-state index contributed by atoms with van der Waals surface area (Å²) in [6, 6.07) is 5.64. The zero-order valence-electron chi connectivity index (χ0n) is 11.8. The molecule has 0 aliphatic carbocycles. The Morgan fingerprint density at radius 1 is 1.30 bits per heavy atom. The molecular weight excluding hydrogens is 276 g/mol. The van der Waals surface area contributed by atoms with Crippen LogP contribution in [0.1, 0.15) is 17.5 Å². The number of aryl methyl sites for hydroxylation is 2. The van der Waals surface area contributed by atoms with E-state index in [9.17, 15) is 13.2 Å². The van der Waals surface area contributed by atoms with E-state index >= 15 is 0 Å². The average molecular weight is 296 g/mol. The molecule has 2 rings (SSSR count). The van der Waals surface area contributed by atoms with Crippen molar-refractivity contribution in [2.24, 2.45) is 0 Å². The summed E-state index contributed by atoms with van der Waals surface area (Å²) in [6.45, 7) is 4.14. The van der Waals surface area contributed by atoms with E-state index in [0.717, 1.165) is 11.3 Å². The first kappa shape index (κ1) is 15.0. The Morgan fingerprint density at radius 2 is 2.05 bits per heavy atom. The van der Waals surface area contributed by atoms with E-state index in [1.165, 1.54) is 5.56 Å². The van der Waals surface area contributed by atoms with Gasteiger partial charge in [0.05, 0.1) is 18.1 Å². The van der Waals surface area contributed by atoms with Crippen LogP contribution in [-0.2, 0) is 14.6 Å². The van der Waals surface area contributed by atoms with Crippen LogP contribution in [0.2, 0.25) is 0 Å². The molecule has 0 unspecified atom stereocenters. The Bertz CT molecular complexity index is 611. The summed E-state index contributed by atoms with van der Waals surface area (Å²) in [5.41, 5.74) is 3.06. The normalized spacial score (nSPS) is 20.8. The zero-order valence-corrected chi connectivity index (χ0v) is 12.6. The van der Waals surface area contributed by atoms with Crippen molar-refractivity contribution < 1.29 is 13.2 Å². The summed E-state index contributed by atoms with van der Waals surface area (Å²) in [5, 5.41) is 5.80. The zero-order chi connectivity index (χ0) is 14.8. The lowest BCUT2D eigenvalue weighted by Gasteiger charge is -2.11. The molecule has 1 aliphatic heterocycles. The highest BCUT2D eigenvalue weighted by Crippen LogP contribution is 2.14. The number of benzene rings is 1. The molecule has 1 aromatic carbocycles. The molecule has 1 aliphatic rings. The number of hydrogen-bond donors (Lipinski definition) is 2. The lowest BCUT2D eigenvalue weighted by atomic mass is 10.1. The summed E-state index contributed by atoms with van der Waals surface area (Å²) < 4.78 is 22.6. The minimum absolute atomic E-state index is 0.106. The number of nitrogens with one attached hydrogen (secondary N) is 2. The van der Waals surface area contributed by atoms with Gasteiger partial charge in [0.15, 0.2) is 9.84 Å². The van der Waals surface area contributed by atoms with Gasteiger partial charge in [-0.05, 0) is 43.5 Å². The van der Waals surface area contributed by atoms with Gasteiger partial charge in [0, 0.05) is 11.7 Å². The number of hydrogen-bond acceptors (Lipinski definition) is 4. The van der Waals surface area contributed by atoms with Crippen molar-refractivity contribution in [3.05, 3.63) is 29.3 Å². The van der Waals surface area contributed by atoms with Gasteiger partial charge in [0.25, 0.3) is 0 Å². The topological polar surface area (TPSA) is 75.3 Å². The summed E-state index contributed by atoms with van der Waals surface area (Å²) in [6.07, 6.45) is 0.583. The highest BCUT2D eigenvalue weighted by atomic mass is 32.2. The SMILES string of the molecule is Cc1ccc(NC(=O)CN[C@@H]2CCS(=O)(=O)C2)cc1C. The van der Waals surface area contributed by atoms with Crippen molar-refractivity contribution in [1.29, 1.82) is 0 Å². The van der Waals surface area contributed by atoms with Crippen LogP contribution in [0.25, 0.3) is 0 Å². The summed E-state index contributed by atoms with van der Waals surface area (Å²) in [7, 11) is -2.91.